The number of hydrogen-bond donors (Lipinski definition) is 0. The van der Waals surface area contributed by atoms with Crippen LogP contribution in [0.5, 0.6) is 5.75 Å². The molecule has 0 saturated carbocycles. The Bertz CT molecular complexity index is 843. The summed E-state index contributed by atoms with van der Waals surface area (Å²) in [7, 11) is 1.62. The highest BCUT2D eigenvalue weighted by atomic mass is 32.2. The van der Waals surface area contributed by atoms with Gasteiger partial charge in [-0.2, -0.15) is 0 Å². The minimum Gasteiger partial charge on any atom is -0.496 e. The normalized spacial score (nSPS) is 11.2. The van der Waals surface area contributed by atoms with Crippen LogP contribution in [0.15, 0.2) is 33.8 Å². The van der Waals surface area contributed by atoms with E-state index in [4.69, 9.17) is 9.15 Å². The van der Waals surface area contributed by atoms with E-state index >= 15 is 0 Å². The number of benzene rings is 1. The first kappa shape index (κ1) is 17.5. The standard InChI is InChI=1S/C17H21N5O2S/c1-5-22-15(11(2)3)19-21-17(22)25-10-14-18-20-16(24-14)12-8-6-7-9-13(12)23-4/h6-9,11H,5,10H2,1-4H3. The van der Waals surface area contributed by atoms with Crippen molar-refractivity contribution in [2.45, 2.75) is 44.1 Å². The second-order valence-corrected chi connectivity index (χ2v) is 6.67. The molecule has 0 bridgehead atoms. The molecule has 0 aliphatic rings. The van der Waals surface area contributed by atoms with E-state index in [1.807, 2.05) is 24.3 Å². The maximum absolute atomic E-state index is 5.78. The molecule has 0 spiro atoms. The van der Waals surface area contributed by atoms with E-state index in [1.165, 1.54) is 0 Å². The highest BCUT2D eigenvalue weighted by Crippen LogP contribution is 2.30. The van der Waals surface area contributed by atoms with E-state index in [0.29, 0.717) is 29.2 Å². The van der Waals surface area contributed by atoms with Crippen molar-refractivity contribution < 1.29 is 9.15 Å². The van der Waals surface area contributed by atoms with Gasteiger partial charge in [-0.25, -0.2) is 0 Å². The molecule has 8 heteroatoms. The number of para-hydroxylation sites is 1. The van der Waals surface area contributed by atoms with E-state index in [1.54, 1.807) is 18.9 Å². The molecule has 25 heavy (non-hydrogen) atoms. The molecule has 2 heterocycles. The zero-order valence-electron chi connectivity index (χ0n) is 14.8. The van der Waals surface area contributed by atoms with Crippen LogP contribution in [0.25, 0.3) is 11.5 Å². The second kappa shape index (κ2) is 7.69. The maximum Gasteiger partial charge on any atom is 0.251 e. The van der Waals surface area contributed by atoms with E-state index in [0.717, 1.165) is 23.1 Å². The third-order valence-corrected chi connectivity index (χ3v) is 4.66. The first-order chi connectivity index (χ1) is 12.1. The predicted molar refractivity (Wildman–Crippen MR) is 95.6 cm³/mol. The van der Waals surface area contributed by atoms with Crippen LogP contribution < -0.4 is 4.74 Å². The van der Waals surface area contributed by atoms with E-state index < -0.39 is 0 Å². The first-order valence-electron chi connectivity index (χ1n) is 8.15. The lowest BCUT2D eigenvalue weighted by atomic mass is 10.2. The van der Waals surface area contributed by atoms with Crippen molar-refractivity contribution in [2.75, 3.05) is 7.11 Å². The molecule has 0 amide bonds. The summed E-state index contributed by atoms with van der Waals surface area (Å²) in [5.41, 5.74) is 0.785. The summed E-state index contributed by atoms with van der Waals surface area (Å²) >= 11 is 1.54. The topological polar surface area (TPSA) is 78.9 Å². The number of rotatable bonds is 7. The minimum atomic E-state index is 0.336. The van der Waals surface area contributed by atoms with Crippen LogP contribution in [0.3, 0.4) is 0 Å². The van der Waals surface area contributed by atoms with Crippen LogP contribution in [-0.4, -0.2) is 32.1 Å². The average Bonchev–Trinajstić information content (AvgIpc) is 3.26. The van der Waals surface area contributed by atoms with Gasteiger partial charge in [0.05, 0.1) is 18.4 Å². The molecule has 0 unspecified atom stereocenters. The van der Waals surface area contributed by atoms with Crippen molar-refractivity contribution in [1.82, 2.24) is 25.0 Å². The van der Waals surface area contributed by atoms with Gasteiger partial charge in [0.1, 0.15) is 11.6 Å². The maximum atomic E-state index is 5.78. The Morgan fingerprint density at radius 2 is 1.96 bits per heavy atom. The summed E-state index contributed by atoms with van der Waals surface area (Å²) in [5, 5.41) is 17.7. The molecule has 0 fully saturated rings. The fourth-order valence-electron chi connectivity index (χ4n) is 2.50. The number of methoxy groups -OCH3 is 1. The second-order valence-electron chi connectivity index (χ2n) is 5.73. The molecular formula is C17H21N5O2S. The number of aromatic nitrogens is 5. The van der Waals surface area contributed by atoms with Crippen molar-refractivity contribution >= 4 is 11.8 Å². The Morgan fingerprint density at radius 1 is 1.16 bits per heavy atom. The van der Waals surface area contributed by atoms with Gasteiger partial charge < -0.3 is 13.7 Å². The average molecular weight is 359 g/mol. The summed E-state index contributed by atoms with van der Waals surface area (Å²) in [6, 6.07) is 7.57. The Labute approximate surface area is 150 Å². The van der Waals surface area contributed by atoms with Gasteiger partial charge in [0.25, 0.3) is 5.89 Å². The van der Waals surface area contributed by atoms with E-state index in [-0.39, 0.29) is 0 Å². The quantitative estimate of drug-likeness (QED) is 0.594. The lowest BCUT2D eigenvalue weighted by Crippen LogP contribution is -2.04. The summed E-state index contributed by atoms with van der Waals surface area (Å²) in [6.07, 6.45) is 0. The summed E-state index contributed by atoms with van der Waals surface area (Å²) in [6.45, 7) is 7.15. The molecule has 7 nitrogen and oxygen atoms in total. The van der Waals surface area contributed by atoms with Crippen molar-refractivity contribution in [3.8, 4) is 17.2 Å². The lowest BCUT2D eigenvalue weighted by molar-refractivity contribution is 0.414. The van der Waals surface area contributed by atoms with Crippen LogP contribution in [0.1, 0.15) is 38.4 Å². The zero-order chi connectivity index (χ0) is 17.8. The Kier molecular flexibility index (Phi) is 5.37. The Hall–Kier alpha value is -2.35. The number of thioether (sulfide) groups is 1. The van der Waals surface area contributed by atoms with Gasteiger partial charge in [0.2, 0.25) is 5.89 Å². The van der Waals surface area contributed by atoms with Crippen LogP contribution >= 0.6 is 11.8 Å². The molecule has 0 saturated heterocycles. The van der Waals surface area contributed by atoms with Gasteiger partial charge in [-0.3, -0.25) is 0 Å². The number of hydrogen-bond acceptors (Lipinski definition) is 7. The lowest BCUT2D eigenvalue weighted by Gasteiger charge is -2.08. The fourth-order valence-corrected chi connectivity index (χ4v) is 3.35. The van der Waals surface area contributed by atoms with Gasteiger partial charge in [0.15, 0.2) is 5.16 Å². The van der Waals surface area contributed by atoms with Crippen LogP contribution in [0.2, 0.25) is 0 Å². The molecule has 0 aliphatic heterocycles. The van der Waals surface area contributed by atoms with Gasteiger partial charge >= 0.3 is 0 Å². The fraction of sp³-hybridized carbons (Fsp3) is 0.412. The van der Waals surface area contributed by atoms with E-state index in [2.05, 4.69) is 45.7 Å². The SMILES string of the molecule is CCn1c(SCc2nnc(-c3ccccc3OC)o2)nnc1C(C)C. The largest absolute Gasteiger partial charge is 0.496 e. The van der Waals surface area contributed by atoms with Gasteiger partial charge in [0, 0.05) is 12.5 Å². The Morgan fingerprint density at radius 3 is 2.68 bits per heavy atom. The molecular weight excluding hydrogens is 338 g/mol. The molecule has 0 N–H and O–H groups in total. The van der Waals surface area contributed by atoms with Crippen LogP contribution in [0, 0.1) is 0 Å². The molecule has 132 valence electrons. The number of nitrogens with zero attached hydrogens (tertiary/aromatic N) is 5. The molecule has 0 aliphatic carbocycles. The third kappa shape index (κ3) is 3.68. The van der Waals surface area contributed by atoms with E-state index in [9.17, 15) is 0 Å². The zero-order valence-corrected chi connectivity index (χ0v) is 15.6. The van der Waals surface area contributed by atoms with Crippen molar-refractivity contribution in [3.05, 3.63) is 36.0 Å². The van der Waals surface area contributed by atoms with Crippen LogP contribution in [0.4, 0.5) is 0 Å². The first-order valence-corrected chi connectivity index (χ1v) is 9.14. The number of ether oxygens (including phenoxy) is 1. The summed E-state index contributed by atoms with van der Waals surface area (Å²) in [5.74, 6) is 3.57. The summed E-state index contributed by atoms with van der Waals surface area (Å²) < 4.78 is 13.2. The van der Waals surface area contributed by atoms with Gasteiger partial charge in [-0.1, -0.05) is 37.7 Å². The highest BCUT2D eigenvalue weighted by Gasteiger charge is 2.17. The molecule has 3 rings (SSSR count). The predicted octanol–water partition coefficient (Wildman–Crippen LogP) is 3.77. The Balaban J connectivity index is 1.75. The van der Waals surface area contributed by atoms with Crippen molar-refractivity contribution in [3.63, 3.8) is 0 Å². The van der Waals surface area contributed by atoms with Gasteiger partial charge in [-0.15, -0.1) is 20.4 Å². The third-order valence-electron chi connectivity index (χ3n) is 3.71. The molecule has 1 aromatic carbocycles. The van der Waals surface area contributed by atoms with Crippen molar-refractivity contribution in [2.24, 2.45) is 0 Å². The molecule has 0 radical (unpaired) electrons. The monoisotopic (exact) mass is 359 g/mol. The molecule has 0 atom stereocenters. The highest BCUT2D eigenvalue weighted by molar-refractivity contribution is 7.98. The molecule has 3 aromatic rings. The minimum absolute atomic E-state index is 0.336. The van der Waals surface area contributed by atoms with Crippen LogP contribution in [-0.2, 0) is 12.3 Å². The van der Waals surface area contributed by atoms with Gasteiger partial charge in [-0.05, 0) is 19.1 Å². The molecule has 2 aromatic heterocycles. The van der Waals surface area contributed by atoms with Crippen molar-refractivity contribution in [1.29, 1.82) is 0 Å². The summed E-state index contributed by atoms with van der Waals surface area (Å²) in [4.78, 5) is 0. The smallest absolute Gasteiger partial charge is 0.251 e.